The van der Waals surface area contributed by atoms with Gasteiger partial charge in [-0.3, -0.25) is 0 Å². The minimum Gasteiger partial charge on any atom is -0.497 e. The zero-order valence-corrected chi connectivity index (χ0v) is 9.86. The Morgan fingerprint density at radius 1 is 1.12 bits per heavy atom. The summed E-state index contributed by atoms with van der Waals surface area (Å²) in [6, 6.07) is 14.7. The van der Waals surface area contributed by atoms with Gasteiger partial charge in [-0.1, -0.05) is 30.3 Å². The molecule has 0 saturated heterocycles. The predicted octanol–water partition coefficient (Wildman–Crippen LogP) is 3.33. The van der Waals surface area contributed by atoms with E-state index in [4.69, 9.17) is 4.74 Å². The van der Waals surface area contributed by atoms with E-state index in [0.29, 0.717) is 0 Å². The van der Waals surface area contributed by atoms with Gasteiger partial charge in [-0.2, -0.15) is 0 Å². The Morgan fingerprint density at radius 2 is 2.00 bits per heavy atom. The van der Waals surface area contributed by atoms with Gasteiger partial charge < -0.3 is 10.1 Å². The van der Waals surface area contributed by atoms with Crippen LogP contribution in [0.5, 0.6) is 5.75 Å². The summed E-state index contributed by atoms with van der Waals surface area (Å²) in [7, 11) is 1.70. The lowest BCUT2D eigenvalue weighted by Gasteiger charge is -2.10. The topological polar surface area (TPSA) is 21.3 Å². The van der Waals surface area contributed by atoms with Crippen molar-refractivity contribution in [3.8, 4) is 16.9 Å². The highest BCUT2D eigenvalue weighted by molar-refractivity contribution is 5.82. The molecule has 2 aromatic carbocycles. The lowest BCUT2D eigenvalue weighted by atomic mass is 10.0. The smallest absolute Gasteiger partial charge is 0.119 e. The second-order valence-corrected chi connectivity index (χ2v) is 4.25. The largest absolute Gasteiger partial charge is 0.497 e. The van der Waals surface area contributed by atoms with Gasteiger partial charge in [-0.05, 0) is 29.7 Å². The van der Waals surface area contributed by atoms with Gasteiger partial charge >= 0.3 is 0 Å². The molecule has 86 valence electrons. The quantitative estimate of drug-likeness (QED) is 0.846. The number of fused-ring (bicyclic) bond motifs is 1. The first-order valence-electron chi connectivity index (χ1n) is 5.88. The Hall–Kier alpha value is -1.96. The van der Waals surface area contributed by atoms with E-state index in [1.54, 1.807) is 7.11 Å². The number of anilines is 1. The number of benzene rings is 2. The molecule has 3 rings (SSSR count). The lowest BCUT2D eigenvalue weighted by Crippen LogP contribution is -1.93. The van der Waals surface area contributed by atoms with E-state index in [1.165, 1.54) is 22.4 Å². The summed E-state index contributed by atoms with van der Waals surface area (Å²) < 4.78 is 5.28. The second-order valence-electron chi connectivity index (χ2n) is 4.25. The van der Waals surface area contributed by atoms with Crippen LogP contribution >= 0.6 is 0 Å². The monoisotopic (exact) mass is 225 g/mol. The van der Waals surface area contributed by atoms with E-state index in [2.05, 4.69) is 35.6 Å². The minimum absolute atomic E-state index is 0.901. The Kier molecular flexibility index (Phi) is 2.48. The van der Waals surface area contributed by atoms with Crippen LogP contribution in [0.1, 0.15) is 5.56 Å². The molecule has 0 saturated carbocycles. The zero-order chi connectivity index (χ0) is 11.7. The fourth-order valence-corrected chi connectivity index (χ4v) is 2.37. The van der Waals surface area contributed by atoms with Gasteiger partial charge in [0.25, 0.3) is 0 Å². The van der Waals surface area contributed by atoms with Gasteiger partial charge in [-0.25, -0.2) is 0 Å². The first-order valence-corrected chi connectivity index (χ1v) is 5.88. The molecule has 2 aromatic rings. The molecule has 1 heterocycles. The molecule has 0 amide bonds. The summed E-state index contributed by atoms with van der Waals surface area (Å²) >= 11 is 0. The Morgan fingerprint density at radius 3 is 2.88 bits per heavy atom. The van der Waals surface area contributed by atoms with E-state index in [0.717, 1.165) is 18.7 Å². The molecule has 0 aromatic heterocycles. The molecule has 2 nitrogen and oxygen atoms in total. The lowest BCUT2D eigenvalue weighted by molar-refractivity contribution is 0.415. The molecule has 0 unspecified atom stereocenters. The van der Waals surface area contributed by atoms with Crippen molar-refractivity contribution in [1.29, 1.82) is 0 Å². The van der Waals surface area contributed by atoms with Crippen molar-refractivity contribution < 1.29 is 4.74 Å². The third-order valence-corrected chi connectivity index (χ3v) is 3.23. The van der Waals surface area contributed by atoms with Gasteiger partial charge in [0, 0.05) is 17.8 Å². The van der Waals surface area contributed by atoms with Crippen molar-refractivity contribution in [2.75, 3.05) is 19.0 Å². The Balaban J connectivity index is 2.12. The Labute approximate surface area is 101 Å². The van der Waals surface area contributed by atoms with Crippen molar-refractivity contribution in [3.63, 3.8) is 0 Å². The Bertz CT molecular complexity index is 548. The van der Waals surface area contributed by atoms with Crippen molar-refractivity contribution in [3.05, 3.63) is 48.0 Å². The fourth-order valence-electron chi connectivity index (χ4n) is 2.37. The average molecular weight is 225 g/mol. The molecule has 1 aliphatic rings. The highest BCUT2D eigenvalue weighted by Crippen LogP contribution is 2.35. The molecule has 1 aliphatic heterocycles. The average Bonchev–Trinajstić information content (AvgIpc) is 2.87. The molecule has 0 spiro atoms. The van der Waals surface area contributed by atoms with E-state index in [9.17, 15) is 0 Å². The van der Waals surface area contributed by atoms with E-state index in [-0.39, 0.29) is 0 Å². The van der Waals surface area contributed by atoms with Gasteiger partial charge in [0.05, 0.1) is 7.11 Å². The molecule has 0 radical (unpaired) electrons. The van der Waals surface area contributed by atoms with Crippen LogP contribution in [0.4, 0.5) is 5.69 Å². The van der Waals surface area contributed by atoms with Crippen molar-refractivity contribution >= 4 is 5.69 Å². The molecular weight excluding hydrogens is 210 g/mol. The zero-order valence-electron chi connectivity index (χ0n) is 9.86. The van der Waals surface area contributed by atoms with Crippen molar-refractivity contribution in [2.45, 2.75) is 6.42 Å². The van der Waals surface area contributed by atoms with E-state index < -0.39 is 0 Å². The molecule has 2 heteroatoms. The summed E-state index contributed by atoms with van der Waals surface area (Å²) in [6.45, 7) is 1.04. The normalized spacial score (nSPS) is 13.0. The van der Waals surface area contributed by atoms with Crippen LogP contribution in [0.15, 0.2) is 42.5 Å². The second kappa shape index (κ2) is 4.13. The predicted molar refractivity (Wildman–Crippen MR) is 70.6 cm³/mol. The molecule has 0 fully saturated rings. The molecular formula is C15H15NO. The highest BCUT2D eigenvalue weighted by Gasteiger charge is 2.14. The van der Waals surface area contributed by atoms with Gasteiger partial charge in [0.15, 0.2) is 0 Å². The number of rotatable bonds is 2. The third kappa shape index (κ3) is 1.76. The number of hydrogen-bond acceptors (Lipinski definition) is 2. The van der Waals surface area contributed by atoms with Crippen LogP contribution in [0.3, 0.4) is 0 Å². The van der Waals surface area contributed by atoms with E-state index in [1.807, 2.05) is 12.1 Å². The summed E-state index contributed by atoms with van der Waals surface area (Å²) in [5, 5.41) is 3.46. The summed E-state index contributed by atoms with van der Waals surface area (Å²) in [5.41, 5.74) is 5.15. The number of para-hydroxylation sites is 1. The standard InChI is InChI=1S/C15H15NO/c1-17-13-6-2-5-12(10-13)14-7-3-4-11-8-9-16-15(11)14/h2-7,10,16H,8-9H2,1H3. The summed E-state index contributed by atoms with van der Waals surface area (Å²) in [5.74, 6) is 0.901. The third-order valence-electron chi connectivity index (χ3n) is 3.23. The summed E-state index contributed by atoms with van der Waals surface area (Å²) in [6.07, 6.45) is 1.12. The van der Waals surface area contributed by atoms with Crippen LogP contribution in [0.25, 0.3) is 11.1 Å². The number of hydrogen-bond donors (Lipinski definition) is 1. The van der Waals surface area contributed by atoms with Crippen LogP contribution < -0.4 is 10.1 Å². The summed E-state index contributed by atoms with van der Waals surface area (Å²) in [4.78, 5) is 0. The fraction of sp³-hybridized carbons (Fsp3) is 0.200. The maximum absolute atomic E-state index is 5.28. The maximum Gasteiger partial charge on any atom is 0.119 e. The molecule has 0 bridgehead atoms. The number of ether oxygens (including phenoxy) is 1. The molecule has 1 N–H and O–H groups in total. The van der Waals surface area contributed by atoms with Crippen LogP contribution in [-0.4, -0.2) is 13.7 Å². The van der Waals surface area contributed by atoms with E-state index >= 15 is 0 Å². The van der Waals surface area contributed by atoms with Crippen LogP contribution in [0.2, 0.25) is 0 Å². The minimum atomic E-state index is 0.901. The molecule has 0 aliphatic carbocycles. The van der Waals surface area contributed by atoms with Crippen LogP contribution in [-0.2, 0) is 6.42 Å². The first-order chi connectivity index (χ1) is 8.38. The number of methoxy groups -OCH3 is 1. The number of nitrogens with one attached hydrogen (secondary N) is 1. The van der Waals surface area contributed by atoms with Gasteiger partial charge in [0.2, 0.25) is 0 Å². The van der Waals surface area contributed by atoms with Crippen molar-refractivity contribution in [2.24, 2.45) is 0 Å². The van der Waals surface area contributed by atoms with Crippen molar-refractivity contribution in [1.82, 2.24) is 0 Å². The van der Waals surface area contributed by atoms with Gasteiger partial charge in [-0.15, -0.1) is 0 Å². The maximum atomic E-state index is 5.28. The van der Waals surface area contributed by atoms with Crippen LogP contribution in [0, 0.1) is 0 Å². The first kappa shape index (κ1) is 10.2. The highest BCUT2D eigenvalue weighted by atomic mass is 16.5. The molecule has 17 heavy (non-hydrogen) atoms. The SMILES string of the molecule is COc1cccc(-c2cccc3c2NCC3)c1. The van der Waals surface area contributed by atoms with Gasteiger partial charge in [0.1, 0.15) is 5.75 Å². The molecule has 0 atom stereocenters.